The van der Waals surface area contributed by atoms with Crippen molar-refractivity contribution in [3.8, 4) is 0 Å². The number of hydrogen-bond acceptors (Lipinski definition) is 3. The van der Waals surface area contributed by atoms with Crippen LogP contribution < -0.4 is 5.73 Å². The Bertz CT molecular complexity index is 620. The van der Waals surface area contributed by atoms with E-state index >= 15 is 0 Å². The van der Waals surface area contributed by atoms with Gasteiger partial charge in [-0.05, 0) is 39.2 Å². The van der Waals surface area contributed by atoms with Gasteiger partial charge in [-0.25, -0.2) is 0 Å². The highest BCUT2D eigenvalue weighted by Crippen LogP contribution is 2.23. The van der Waals surface area contributed by atoms with Crippen molar-refractivity contribution in [2.24, 2.45) is 5.10 Å². The van der Waals surface area contributed by atoms with E-state index in [9.17, 15) is 0 Å². The van der Waals surface area contributed by atoms with E-state index in [4.69, 9.17) is 5.73 Å². The van der Waals surface area contributed by atoms with Crippen LogP contribution in [0.5, 0.6) is 0 Å². The fourth-order valence-electron chi connectivity index (χ4n) is 2.19. The third-order valence-electron chi connectivity index (χ3n) is 3.17. The number of nitrogens with two attached hydrogens (primary N) is 1. The highest BCUT2D eigenvalue weighted by Gasteiger charge is 2.16. The van der Waals surface area contributed by atoms with Crippen LogP contribution in [-0.2, 0) is 13.1 Å². The summed E-state index contributed by atoms with van der Waals surface area (Å²) in [4.78, 5) is 0. The van der Waals surface area contributed by atoms with Gasteiger partial charge in [0.1, 0.15) is 4.62 Å². The molecular weight excluding hydrogens is 302 g/mol. The Morgan fingerprint density at radius 1 is 1.11 bits per heavy atom. The maximum atomic E-state index is 5.70. The SMILES string of the molecule is Nc1ccc(CN2Cc3ccccc3C(Br)=N2)cc1. The van der Waals surface area contributed by atoms with Crippen LogP contribution in [0.4, 0.5) is 5.69 Å². The molecule has 1 heterocycles. The number of anilines is 1. The predicted molar refractivity (Wildman–Crippen MR) is 82.0 cm³/mol. The Kier molecular flexibility index (Phi) is 3.25. The van der Waals surface area contributed by atoms with E-state index in [1.54, 1.807) is 0 Å². The standard InChI is InChI=1S/C15H14BrN3/c16-15-14-4-2-1-3-12(14)10-19(18-15)9-11-5-7-13(17)8-6-11/h1-8H,9-10,17H2. The van der Waals surface area contributed by atoms with Crippen molar-refractivity contribution < 1.29 is 0 Å². The second-order valence-corrected chi connectivity index (χ2v) is 5.36. The lowest BCUT2D eigenvalue weighted by Crippen LogP contribution is -2.23. The first kappa shape index (κ1) is 12.2. The molecule has 0 radical (unpaired) electrons. The lowest BCUT2D eigenvalue weighted by molar-refractivity contribution is 0.267. The van der Waals surface area contributed by atoms with Gasteiger partial charge in [0.05, 0.1) is 13.1 Å². The molecule has 0 bridgehead atoms. The summed E-state index contributed by atoms with van der Waals surface area (Å²) >= 11 is 3.54. The summed E-state index contributed by atoms with van der Waals surface area (Å²) in [5.41, 5.74) is 10.2. The van der Waals surface area contributed by atoms with Crippen molar-refractivity contribution in [3.63, 3.8) is 0 Å². The summed E-state index contributed by atoms with van der Waals surface area (Å²) in [6, 6.07) is 16.2. The molecule has 3 nitrogen and oxygen atoms in total. The van der Waals surface area contributed by atoms with Crippen LogP contribution in [-0.4, -0.2) is 9.63 Å². The molecule has 1 aliphatic heterocycles. The number of benzene rings is 2. The minimum absolute atomic E-state index is 0.781. The number of nitrogens with zero attached hydrogens (tertiary/aromatic N) is 2. The van der Waals surface area contributed by atoms with Crippen molar-refractivity contribution in [2.45, 2.75) is 13.1 Å². The Hall–Kier alpha value is -1.81. The smallest absolute Gasteiger partial charge is 0.133 e. The van der Waals surface area contributed by atoms with E-state index < -0.39 is 0 Å². The second kappa shape index (κ2) is 5.05. The summed E-state index contributed by atoms with van der Waals surface area (Å²) in [7, 11) is 0. The predicted octanol–water partition coefficient (Wildman–Crippen LogP) is 3.34. The zero-order valence-corrected chi connectivity index (χ0v) is 12.0. The first-order chi connectivity index (χ1) is 9.22. The number of fused-ring (bicyclic) bond motifs is 1. The zero-order valence-electron chi connectivity index (χ0n) is 10.4. The third kappa shape index (κ3) is 2.63. The van der Waals surface area contributed by atoms with Crippen LogP contribution in [0.25, 0.3) is 0 Å². The molecule has 0 saturated heterocycles. The van der Waals surface area contributed by atoms with Gasteiger partial charge >= 0.3 is 0 Å². The zero-order chi connectivity index (χ0) is 13.2. The molecule has 0 saturated carbocycles. The Morgan fingerprint density at radius 3 is 2.63 bits per heavy atom. The molecule has 0 unspecified atom stereocenters. The monoisotopic (exact) mass is 315 g/mol. The van der Waals surface area contributed by atoms with Crippen molar-refractivity contribution in [1.82, 2.24) is 5.01 Å². The summed E-state index contributed by atoms with van der Waals surface area (Å²) in [6.45, 7) is 1.61. The highest BCUT2D eigenvalue weighted by molar-refractivity contribution is 9.18. The van der Waals surface area contributed by atoms with Gasteiger partial charge in [-0.3, -0.25) is 5.01 Å². The molecule has 96 valence electrons. The summed E-state index contributed by atoms with van der Waals surface area (Å²) in [5.74, 6) is 0. The van der Waals surface area contributed by atoms with E-state index in [1.807, 2.05) is 30.3 Å². The van der Waals surface area contributed by atoms with Crippen LogP contribution in [0.3, 0.4) is 0 Å². The van der Waals surface area contributed by atoms with E-state index in [2.05, 4.69) is 44.2 Å². The molecule has 0 spiro atoms. The maximum absolute atomic E-state index is 5.70. The topological polar surface area (TPSA) is 41.6 Å². The fraction of sp³-hybridized carbons (Fsp3) is 0.133. The van der Waals surface area contributed by atoms with E-state index in [-0.39, 0.29) is 0 Å². The van der Waals surface area contributed by atoms with E-state index in [1.165, 1.54) is 16.7 Å². The van der Waals surface area contributed by atoms with Gasteiger partial charge in [-0.2, -0.15) is 5.10 Å². The van der Waals surface area contributed by atoms with Gasteiger partial charge in [0.15, 0.2) is 0 Å². The van der Waals surface area contributed by atoms with Crippen molar-refractivity contribution in [1.29, 1.82) is 0 Å². The van der Waals surface area contributed by atoms with Gasteiger partial charge in [-0.1, -0.05) is 36.4 Å². The lowest BCUT2D eigenvalue weighted by atomic mass is 10.1. The molecule has 0 fully saturated rings. The number of nitrogen functional groups attached to an aromatic ring is 1. The minimum atomic E-state index is 0.781. The van der Waals surface area contributed by atoms with Gasteiger partial charge in [0, 0.05) is 11.3 Å². The third-order valence-corrected chi connectivity index (χ3v) is 3.75. The molecule has 1 aliphatic rings. The van der Waals surface area contributed by atoms with Crippen molar-refractivity contribution in [2.75, 3.05) is 5.73 Å². The van der Waals surface area contributed by atoms with Crippen molar-refractivity contribution in [3.05, 3.63) is 65.2 Å². The fourth-order valence-corrected chi connectivity index (χ4v) is 2.81. The van der Waals surface area contributed by atoms with E-state index in [0.29, 0.717) is 0 Å². The summed E-state index contributed by atoms with van der Waals surface area (Å²) in [6.07, 6.45) is 0. The Balaban J connectivity index is 1.82. The molecule has 0 atom stereocenters. The normalized spacial score (nSPS) is 13.9. The first-order valence-electron chi connectivity index (χ1n) is 6.14. The number of halogens is 1. The molecule has 2 aromatic rings. The number of hydrazone groups is 1. The van der Waals surface area contributed by atoms with Crippen LogP contribution in [0.1, 0.15) is 16.7 Å². The second-order valence-electron chi connectivity index (χ2n) is 4.61. The minimum Gasteiger partial charge on any atom is -0.399 e. The molecule has 0 aromatic heterocycles. The molecule has 3 rings (SSSR count). The highest BCUT2D eigenvalue weighted by atomic mass is 79.9. The van der Waals surface area contributed by atoms with Crippen LogP contribution in [0, 0.1) is 0 Å². The first-order valence-corrected chi connectivity index (χ1v) is 6.93. The molecule has 4 heteroatoms. The van der Waals surface area contributed by atoms with Crippen LogP contribution in [0.15, 0.2) is 53.6 Å². The molecule has 2 N–H and O–H groups in total. The average Bonchev–Trinajstić information content (AvgIpc) is 2.42. The molecular formula is C15H14BrN3. The quantitative estimate of drug-likeness (QED) is 0.864. The Morgan fingerprint density at radius 2 is 1.84 bits per heavy atom. The Labute approximate surface area is 120 Å². The molecule has 0 aliphatic carbocycles. The van der Waals surface area contributed by atoms with Gasteiger partial charge in [0.25, 0.3) is 0 Å². The van der Waals surface area contributed by atoms with Gasteiger partial charge < -0.3 is 5.73 Å². The summed E-state index contributed by atoms with van der Waals surface area (Å²) < 4.78 is 0.893. The van der Waals surface area contributed by atoms with Crippen LogP contribution >= 0.6 is 15.9 Å². The molecule has 0 amide bonds. The number of rotatable bonds is 2. The van der Waals surface area contributed by atoms with E-state index in [0.717, 1.165) is 23.4 Å². The maximum Gasteiger partial charge on any atom is 0.133 e. The average molecular weight is 316 g/mol. The molecule has 2 aromatic carbocycles. The largest absolute Gasteiger partial charge is 0.399 e. The van der Waals surface area contributed by atoms with Gasteiger partial charge in [-0.15, -0.1) is 0 Å². The summed E-state index contributed by atoms with van der Waals surface area (Å²) in [5, 5.41) is 6.63. The van der Waals surface area contributed by atoms with Crippen molar-refractivity contribution >= 4 is 26.2 Å². The van der Waals surface area contributed by atoms with Gasteiger partial charge in [0.2, 0.25) is 0 Å². The van der Waals surface area contributed by atoms with Crippen LogP contribution in [0.2, 0.25) is 0 Å². The lowest BCUT2D eigenvalue weighted by Gasteiger charge is -2.25. The molecule has 19 heavy (non-hydrogen) atoms. The number of hydrogen-bond donors (Lipinski definition) is 1.